The van der Waals surface area contributed by atoms with Crippen LogP contribution in [0.5, 0.6) is 0 Å². The number of benzene rings is 1. The summed E-state index contributed by atoms with van der Waals surface area (Å²) < 4.78 is 0. The predicted molar refractivity (Wildman–Crippen MR) is 98.1 cm³/mol. The largest absolute Gasteiger partial charge is 0.343 e. The summed E-state index contributed by atoms with van der Waals surface area (Å²) in [6.45, 7) is 0. The minimum absolute atomic E-state index is 0.00619. The van der Waals surface area contributed by atoms with Crippen LogP contribution >= 0.6 is 11.6 Å². The Morgan fingerprint density at radius 3 is 2.88 bits per heavy atom. The smallest absolute Gasteiger partial charge is 0.335 e. The third-order valence-corrected chi connectivity index (χ3v) is 5.43. The number of fused-ring (bicyclic) bond motifs is 2. The Labute approximate surface area is 151 Å². The first kappa shape index (κ1) is 16.2. The van der Waals surface area contributed by atoms with E-state index < -0.39 is 0 Å². The summed E-state index contributed by atoms with van der Waals surface area (Å²) in [5.41, 5.74) is 5.72. The molecule has 2 aromatic rings. The van der Waals surface area contributed by atoms with Crippen molar-refractivity contribution in [3.63, 3.8) is 0 Å². The van der Waals surface area contributed by atoms with Crippen molar-refractivity contribution in [2.45, 2.75) is 31.1 Å². The van der Waals surface area contributed by atoms with Gasteiger partial charge in [0, 0.05) is 16.6 Å². The first-order valence-corrected chi connectivity index (χ1v) is 8.91. The fourth-order valence-electron chi connectivity index (χ4n) is 3.81. The van der Waals surface area contributed by atoms with E-state index in [1.54, 1.807) is 24.3 Å². The van der Waals surface area contributed by atoms with Gasteiger partial charge in [0.2, 0.25) is 0 Å². The quantitative estimate of drug-likeness (QED) is 0.807. The van der Waals surface area contributed by atoms with E-state index in [2.05, 4.69) is 28.7 Å². The average molecular weight is 355 g/mol. The van der Waals surface area contributed by atoms with Gasteiger partial charge in [0.1, 0.15) is 0 Å². The zero-order chi connectivity index (χ0) is 17.3. The number of allylic oxidation sites excluding steroid dienone is 1. The highest BCUT2D eigenvalue weighted by Crippen LogP contribution is 2.46. The van der Waals surface area contributed by atoms with E-state index >= 15 is 0 Å². The van der Waals surface area contributed by atoms with Crippen molar-refractivity contribution in [1.82, 2.24) is 4.98 Å². The van der Waals surface area contributed by atoms with Crippen LogP contribution in [0, 0.1) is 5.92 Å². The second-order valence-corrected chi connectivity index (χ2v) is 7.17. The maximum Gasteiger partial charge on any atom is 0.335 e. The molecule has 0 aliphatic heterocycles. The number of hydrogen-bond donors (Lipinski definition) is 1. The van der Waals surface area contributed by atoms with Gasteiger partial charge in [-0.3, -0.25) is 4.98 Å². The average Bonchev–Trinajstić information content (AvgIpc) is 2.99. The monoisotopic (exact) mass is 354 g/mol. The standard InChI is InChI=1S/C20H19ClN2O2/c21-16-4-1-5-17(13-16)23-25-19(24)15-7-10-20(11-8-15)9-6-14-3-2-12-22-18(14)20/h1-6,9,12-13,15,23H,7-8,10-11H2. The van der Waals surface area contributed by atoms with E-state index in [-0.39, 0.29) is 17.3 Å². The lowest BCUT2D eigenvalue weighted by molar-refractivity contribution is -0.146. The summed E-state index contributed by atoms with van der Waals surface area (Å²) in [5.74, 6) is -0.295. The van der Waals surface area contributed by atoms with Crippen LogP contribution in [0.2, 0.25) is 5.02 Å². The third kappa shape index (κ3) is 3.14. The number of nitrogens with zero attached hydrogens (tertiary/aromatic N) is 1. The molecule has 0 bridgehead atoms. The number of halogens is 1. The molecule has 5 heteroatoms. The van der Waals surface area contributed by atoms with Gasteiger partial charge >= 0.3 is 5.97 Å². The van der Waals surface area contributed by atoms with E-state index in [4.69, 9.17) is 16.4 Å². The van der Waals surface area contributed by atoms with Gasteiger partial charge in [-0.15, -0.1) is 0 Å². The Balaban J connectivity index is 1.36. The molecule has 4 nitrogen and oxygen atoms in total. The molecular weight excluding hydrogens is 336 g/mol. The zero-order valence-corrected chi connectivity index (χ0v) is 14.5. The molecule has 1 aromatic heterocycles. The van der Waals surface area contributed by atoms with Crippen molar-refractivity contribution in [3.05, 3.63) is 65.0 Å². The molecule has 1 spiro atoms. The molecule has 1 N–H and O–H groups in total. The van der Waals surface area contributed by atoms with E-state index in [0.717, 1.165) is 31.4 Å². The van der Waals surface area contributed by atoms with Crippen LogP contribution in [0.25, 0.3) is 6.08 Å². The van der Waals surface area contributed by atoms with Crippen LogP contribution in [0.1, 0.15) is 36.9 Å². The Morgan fingerprint density at radius 1 is 1.24 bits per heavy atom. The number of aromatic nitrogens is 1. The fourth-order valence-corrected chi connectivity index (χ4v) is 4.00. The Kier molecular flexibility index (Phi) is 4.22. The van der Waals surface area contributed by atoms with Crippen LogP contribution in [0.15, 0.2) is 48.7 Å². The minimum Gasteiger partial charge on any atom is -0.343 e. The number of anilines is 1. The maximum absolute atomic E-state index is 12.4. The SMILES string of the molecule is O=C(ONc1cccc(Cl)c1)C1CCC2(C=Cc3cccnc32)CC1. The lowest BCUT2D eigenvalue weighted by Crippen LogP contribution is -2.33. The van der Waals surface area contributed by atoms with Gasteiger partial charge in [-0.1, -0.05) is 35.9 Å². The van der Waals surface area contributed by atoms with Crippen LogP contribution in [0.4, 0.5) is 5.69 Å². The maximum atomic E-state index is 12.4. The second kappa shape index (κ2) is 6.52. The number of carbonyl (C=O) groups excluding carboxylic acids is 1. The van der Waals surface area contributed by atoms with Crippen molar-refractivity contribution in [2.75, 3.05) is 5.48 Å². The molecular formula is C20H19ClN2O2. The summed E-state index contributed by atoms with van der Waals surface area (Å²) in [7, 11) is 0. The molecule has 0 unspecified atom stereocenters. The van der Waals surface area contributed by atoms with E-state index in [1.165, 1.54) is 5.56 Å². The molecule has 0 amide bonds. The first-order chi connectivity index (χ1) is 12.2. The topological polar surface area (TPSA) is 51.2 Å². The number of pyridine rings is 1. The molecule has 1 fully saturated rings. The summed E-state index contributed by atoms with van der Waals surface area (Å²) in [5, 5.41) is 0.597. The van der Waals surface area contributed by atoms with Crippen molar-refractivity contribution in [2.24, 2.45) is 5.92 Å². The van der Waals surface area contributed by atoms with Crippen LogP contribution in [-0.4, -0.2) is 11.0 Å². The molecule has 1 saturated carbocycles. The number of nitrogens with one attached hydrogen (secondary N) is 1. The minimum atomic E-state index is -0.210. The molecule has 1 aromatic carbocycles. The highest BCUT2D eigenvalue weighted by atomic mass is 35.5. The van der Waals surface area contributed by atoms with Gasteiger partial charge in [0.25, 0.3) is 0 Å². The molecule has 128 valence electrons. The lowest BCUT2D eigenvalue weighted by atomic mass is 9.69. The number of hydrogen-bond acceptors (Lipinski definition) is 4. The molecule has 0 radical (unpaired) electrons. The van der Waals surface area contributed by atoms with Crippen molar-refractivity contribution in [1.29, 1.82) is 0 Å². The van der Waals surface area contributed by atoms with Gasteiger partial charge in [-0.2, -0.15) is 0 Å². The lowest BCUT2D eigenvalue weighted by Gasteiger charge is -2.35. The van der Waals surface area contributed by atoms with Crippen LogP contribution < -0.4 is 5.48 Å². The Morgan fingerprint density at radius 2 is 2.08 bits per heavy atom. The van der Waals surface area contributed by atoms with Gasteiger partial charge in [0.15, 0.2) is 0 Å². The molecule has 1 heterocycles. The highest BCUT2D eigenvalue weighted by molar-refractivity contribution is 6.30. The predicted octanol–water partition coefficient (Wildman–Crippen LogP) is 4.76. The molecule has 0 atom stereocenters. The summed E-state index contributed by atoms with van der Waals surface area (Å²) >= 11 is 5.93. The molecule has 4 rings (SSSR count). The van der Waals surface area contributed by atoms with Crippen molar-refractivity contribution >= 4 is 29.3 Å². The van der Waals surface area contributed by atoms with E-state index in [0.29, 0.717) is 10.7 Å². The van der Waals surface area contributed by atoms with E-state index in [9.17, 15) is 4.79 Å². The number of rotatable bonds is 3. The fraction of sp³-hybridized carbons (Fsp3) is 0.300. The van der Waals surface area contributed by atoms with E-state index in [1.807, 2.05) is 12.3 Å². The van der Waals surface area contributed by atoms with Gasteiger partial charge in [-0.05, 0) is 55.5 Å². The molecule has 0 saturated heterocycles. The van der Waals surface area contributed by atoms with Crippen molar-refractivity contribution < 1.29 is 9.63 Å². The zero-order valence-electron chi connectivity index (χ0n) is 13.7. The second-order valence-electron chi connectivity index (χ2n) is 6.74. The van der Waals surface area contributed by atoms with Crippen LogP contribution in [0.3, 0.4) is 0 Å². The Hall–Kier alpha value is -2.33. The number of carbonyl (C=O) groups is 1. The summed E-state index contributed by atoms with van der Waals surface area (Å²) in [6.07, 6.45) is 9.71. The van der Waals surface area contributed by atoms with Gasteiger partial charge < -0.3 is 4.84 Å². The van der Waals surface area contributed by atoms with Gasteiger partial charge in [-0.25, -0.2) is 10.3 Å². The highest BCUT2D eigenvalue weighted by Gasteiger charge is 2.41. The third-order valence-electron chi connectivity index (χ3n) is 5.20. The summed E-state index contributed by atoms with van der Waals surface area (Å²) in [4.78, 5) is 22.2. The first-order valence-electron chi connectivity index (χ1n) is 8.53. The molecule has 2 aliphatic carbocycles. The van der Waals surface area contributed by atoms with Gasteiger partial charge in [0.05, 0.1) is 17.3 Å². The Bertz CT molecular complexity index is 826. The molecule has 2 aliphatic rings. The summed E-state index contributed by atoms with van der Waals surface area (Å²) in [6, 6.07) is 11.2. The molecule has 25 heavy (non-hydrogen) atoms. The van der Waals surface area contributed by atoms with Crippen LogP contribution in [-0.2, 0) is 15.0 Å². The van der Waals surface area contributed by atoms with Crippen molar-refractivity contribution in [3.8, 4) is 0 Å². The normalized spacial score (nSPS) is 24.1.